The molecular formula is C9H9. The minimum Gasteiger partial charge on any atom is -0.0871 e. The normalized spacial score (nSPS) is 10.3. The van der Waals surface area contributed by atoms with Gasteiger partial charge in [-0.3, -0.25) is 0 Å². The molecule has 0 amide bonds. The Balaban J connectivity index is 2.85. The van der Waals surface area contributed by atoms with Gasteiger partial charge in [0.2, 0.25) is 0 Å². The zero-order chi connectivity index (χ0) is 6.53. The summed E-state index contributed by atoms with van der Waals surface area (Å²) in [5.74, 6) is 0. The van der Waals surface area contributed by atoms with Crippen LogP contribution in [0.3, 0.4) is 0 Å². The summed E-state index contributed by atoms with van der Waals surface area (Å²) in [6.45, 7) is 2.01. The van der Waals surface area contributed by atoms with E-state index in [-0.39, 0.29) is 0 Å². The van der Waals surface area contributed by atoms with E-state index in [2.05, 4.69) is 18.2 Å². The van der Waals surface area contributed by atoms with E-state index in [9.17, 15) is 0 Å². The van der Waals surface area contributed by atoms with Crippen LogP contribution in [0.1, 0.15) is 12.5 Å². The Hall–Kier alpha value is -1.04. The summed E-state index contributed by atoms with van der Waals surface area (Å²) in [6.07, 6.45) is 4.07. The first-order valence-electron chi connectivity index (χ1n) is 3.02. The van der Waals surface area contributed by atoms with Crippen molar-refractivity contribution in [2.45, 2.75) is 6.92 Å². The van der Waals surface area contributed by atoms with Gasteiger partial charge < -0.3 is 0 Å². The third kappa shape index (κ3) is 1.73. The van der Waals surface area contributed by atoms with Crippen LogP contribution in [0.15, 0.2) is 30.3 Å². The van der Waals surface area contributed by atoms with Crippen LogP contribution < -0.4 is 0 Å². The highest BCUT2D eigenvalue weighted by atomic mass is 13.8. The first-order chi connectivity index (χ1) is 4.43. The zero-order valence-corrected chi connectivity index (χ0v) is 5.46. The number of hydrogen-bond donors (Lipinski definition) is 0. The third-order valence-corrected chi connectivity index (χ3v) is 1.09. The van der Waals surface area contributed by atoms with Gasteiger partial charge in [-0.15, -0.1) is 0 Å². The van der Waals surface area contributed by atoms with E-state index in [1.165, 1.54) is 5.56 Å². The molecule has 0 bridgehead atoms. The molecule has 0 unspecified atom stereocenters. The molecule has 9 heavy (non-hydrogen) atoms. The Bertz CT molecular complexity index is 184. The molecule has 0 aliphatic carbocycles. The van der Waals surface area contributed by atoms with Gasteiger partial charge in [-0.1, -0.05) is 30.4 Å². The second-order valence-electron chi connectivity index (χ2n) is 1.84. The highest BCUT2D eigenvalue weighted by Gasteiger charge is 1.78. The lowest BCUT2D eigenvalue weighted by Crippen LogP contribution is -1.66. The van der Waals surface area contributed by atoms with E-state index in [0.717, 1.165) is 0 Å². The lowest BCUT2D eigenvalue weighted by molar-refractivity contribution is 1.63. The fraction of sp³-hybridized carbons (Fsp3) is 0.111. The minimum absolute atomic E-state index is 1.21. The maximum absolute atomic E-state index is 2.99. The maximum atomic E-state index is 2.99. The molecule has 1 aromatic carbocycles. The largest absolute Gasteiger partial charge is 0.0871 e. The van der Waals surface area contributed by atoms with Crippen molar-refractivity contribution < 1.29 is 0 Å². The molecule has 0 nitrogen and oxygen atoms in total. The lowest BCUT2D eigenvalue weighted by Gasteiger charge is -1.86. The van der Waals surface area contributed by atoms with E-state index < -0.39 is 0 Å². The number of benzene rings is 1. The predicted molar refractivity (Wildman–Crippen MR) is 40.0 cm³/mol. The summed E-state index contributed by atoms with van der Waals surface area (Å²) in [5.41, 5.74) is 1.21. The summed E-state index contributed by atoms with van der Waals surface area (Å²) in [4.78, 5) is 0. The quantitative estimate of drug-likeness (QED) is 0.530. The molecule has 1 rings (SSSR count). The molecule has 0 spiro atoms. The lowest BCUT2D eigenvalue weighted by atomic mass is 10.2. The minimum atomic E-state index is 1.21. The molecule has 0 aliphatic heterocycles. The summed E-state index contributed by atoms with van der Waals surface area (Å²) >= 11 is 0. The van der Waals surface area contributed by atoms with Crippen molar-refractivity contribution in [1.82, 2.24) is 0 Å². The summed E-state index contributed by atoms with van der Waals surface area (Å²) in [6, 6.07) is 10.9. The zero-order valence-electron chi connectivity index (χ0n) is 5.46. The fourth-order valence-electron chi connectivity index (χ4n) is 0.703. The summed E-state index contributed by atoms with van der Waals surface area (Å²) < 4.78 is 0. The first-order valence-corrected chi connectivity index (χ1v) is 3.02. The molecular weight excluding hydrogens is 108 g/mol. The van der Waals surface area contributed by atoms with Crippen LogP contribution in [0.5, 0.6) is 0 Å². The smallest absolute Gasteiger partial charge is 0.0178 e. The molecule has 1 radical (unpaired) electrons. The van der Waals surface area contributed by atoms with Gasteiger partial charge >= 0.3 is 0 Å². The van der Waals surface area contributed by atoms with Gasteiger partial charge in [0.15, 0.2) is 0 Å². The van der Waals surface area contributed by atoms with Gasteiger partial charge in [0, 0.05) is 0 Å². The molecule has 1 aromatic rings. The van der Waals surface area contributed by atoms with Crippen LogP contribution in [0.2, 0.25) is 0 Å². The van der Waals surface area contributed by atoms with E-state index in [1.807, 2.05) is 31.2 Å². The van der Waals surface area contributed by atoms with Crippen molar-refractivity contribution in [3.05, 3.63) is 42.0 Å². The van der Waals surface area contributed by atoms with E-state index in [1.54, 1.807) is 0 Å². The van der Waals surface area contributed by atoms with Gasteiger partial charge in [0.1, 0.15) is 0 Å². The van der Waals surface area contributed by atoms with Gasteiger partial charge in [-0.25, -0.2) is 0 Å². The van der Waals surface area contributed by atoms with Crippen molar-refractivity contribution >= 4 is 6.08 Å². The van der Waals surface area contributed by atoms with Gasteiger partial charge in [-0.05, 0) is 24.6 Å². The highest BCUT2D eigenvalue weighted by Crippen LogP contribution is 1.98. The molecule has 0 aliphatic rings. The van der Waals surface area contributed by atoms with Crippen molar-refractivity contribution in [3.63, 3.8) is 0 Å². The Morgan fingerprint density at radius 3 is 3.00 bits per heavy atom. The van der Waals surface area contributed by atoms with Crippen LogP contribution in [0.4, 0.5) is 0 Å². The van der Waals surface area contributed by atoms with Crippen molar-refractivity contribution in [2.24, 2.45) is 0 Å². The van der Waals surface area contributed by atoms with Crippen molar-refractivity contribution in [1.29, 1.82) is 0 Å². The molecule has 0 atom stereocenters. The number of rotatable bonds is 1. The molecule has 0 aromatic heterocycles. The molecule has 0 saturated carbocycles. The molecule has 0 fully saturated rings. The Morgan fingerprint density at radius 2 is 2.44 bits per heavy atom. The third-order valence-electron chi connectivity index (χ3n) is 1.09. The van der Waals surface area contributed by atoms with Crippen LogP contribution in [-0.4, -0.2) is 0 Å². The summed E-state index contributed by atoms with van der Waals surface area (Å²) in [5, 5.41) is 0. The average molecular weight is 117 g/mol. The van der Waals surface area contributed by atoms with Crippen molar-refractivity contribution in [2.75, 3.05) is 0 Å². The fourth-order valence-corrected chi connectivity index (χ4v) is 0.703. The van der Waals surface area contributed by atoms with E-state index >= 15 is 0 Å². The molecule has 0 N–H and O–H groups in total. The van der Waals surface area contributed by atoms with Gasteiger partial charge in [0.25, 0.3) is 0 Å². The summed E-state index contributed by atoms with van der Waals surface area (Å²) in [7, 11) is 0. The Morgan fingerprint density at radius 1 is 1.56 bits per heavy atom. The first kappa shape index (κ1) is 6.09. The molecule has 0 heterocycles. The molecule has 0 heteroatoms. The molecule has 45 valence electrons. The second-order valence-corrected chi connectivity index (χ2v) is 1.84. The SMILES string of the molecule is C/C=C\c1c[c]ccc1. The van der Waals surface area contributed by atoms with Crippen LogP contribution in [0.25, 0.3) is 6.08 Å². The Kier molecular flexibility index (Phi) is 2.08. The Labute approximate surface area is 55.8 Å². The predicted octanol–water partition coefficient (Wildman–Crippen LogP) is 2.52. The number of allylic oxidation sites excluding steroid dienone is 1. The monoisotopic (exact) mass is 117 g/mol. The second kappa shape index (κ2) is 3.08. The average Bonchev–Trinajstić information content (AvgIpc) is 1.91. The standard InChI is InChI=1S/C9H9/c1-2-6-9-7-4-3-5-8-9/h2-4,6-8H,1H3/b6-2-. The van der Waals surface area contributed by atoms with Crippen molar-refractivity contribution in [3.8, 4) is 0 Å². The van der Waals surface area contributed by atoms with Gasteiger partial charge in [0.05, 0.1) is 0 Å². The van der Waals surface area contributed by atoms with E-state index in [4.69, 9.17) is 0 Å². The van der Waals surface area contributed by atoms with E-state index in [0.29, 0.717) is 0 Å². The maximum Gasteiger partial charge on any atom is -0.0178 e. The van der Waals surface area contributed by atoms with Gasteiger partial charge in [-0.2, -0.15) is 0 Å². The molecule has 0 saturated heterocycles. The van der Waals surface area contributed by atoms with Crippen LogP contribution >= 0.6 is 0 Å². The topological polar surface area (TPSA) is 0 Å². The van der Waals surface area contributed by atoms with Crippen LogP contribution in [0, 0.1) is 6.07 Å². The van der Waals surface area contributed by atoms with Crippen LogP contribution in [-0.2, 0) is 0 Å². The highest BCUT2D eigenvalue weighted by molar-refractivity contribution is 5.47. The number of hydrogen-bond acceptors (Lipinski definition) is 0.